The number of hydrogen-bond donors (Lipinski definition) is 3. The molecule has 0 heterocycles. The molecule has 0 radical (unpaired) electrons. The Morgan fingerprint density at radius 1 is 1.13 bits per heavy atom. The van der Waals surface area contributed by atoms with E-state index in [1.54, 1.807) is 12.1 Å². The molecule has 0 amide bonds. The maximum atomic E-state index is 9.44. The van der Waals surface area contributed by atoms with Crippen LogP contribution in [0.25, 0.3) is 0 Å². The number of phenols is 1. The molecular weight excluding hydrogens is 190 g/mol. The molecule has 3 heteroatoms. The SMILES string of the molecule is NC1(c2ccc(O)cc2)CCC(O)CC1. The van der Waals surface area contributed by atoms with Gasteiger partial charge in [-0.3, -0.25) is 0 Å². The second-order valence-corrected chi connectivity index (χ2v) is 4.43. The zero-order chi connectivity index (χ0) is 10.9. The standard InChI is InChI=1S/C12H17NO2/c13-12(7-5-11(15)6-8-12)9-1-3-10(14)4-2-9/h1-4,11,14-15H,5-8,13H2. The van der Waals surface area contributed by atoms with Crippen LogP contribution in [0.3, 0.4) is 0 Å². The first-order valence-electron chi connectivity index (χ1n) is 5.37. The summed E-state index contributed by atoms with van der Waals surface area (Å²) in [6, 6.07) is 7.06. The van der Waals surface area contributed by atoms with Crippen molar-refractivity contribution in [1.29, 1.82) is 0 Å². The van der Waals surface area contributed by atoms with Gasteiger partial charge in [0.15, 0.2) is 0 Å². The van der Waals surface area contributed by atoms with Crippen LogP contribution in [0.5, 0.6) is 5.75 Å². The molecular formula is C12H17NO2. The van der Waals surface area contributed by atoms with Crippen molar-refractivity contribution in [3.8, 4) is 5.75 Å². The minimum absolute atomic E-state index is 0.196. The van der Waals surface area contributed by atoms with E-state index in [2.05, 4.69) is 0 Å². The van der Waals surface area contributed by atoms with Gasteiger partial charge in [-0.15, -0.1) is 0 Å². The summed E-state index contributed by atoms with van der Waals surface area (Å²) in [5.41, 5.74) is 7.02. The van der Waals surface area contributed by atoms with Crippen molar-refractivity contribution in [2.75, 3.05) is 0 Å². The van der Waals surface area contributed by atoms with Gasteiger partial charge in [-0.05, 0) is 43.4 Å². The van der Waals surface area contributed by atoms with Crippen LogP contribution in [0.1, 0.15) is 31.2 Å². The summed E-state index contributed by atoms with van der Waals surface area (Å²) in [7, 11) is 0. The number of hydrogen-bond acceptors (Lipinski definition) is 3. The Bertz CT molecular complexity index is 326. The summed E-state index contributed by atoms with van der Waals surface area (Å²) in [5, 5.41) is 18.6. The topological polar surface area (TPSA) is 66.5 Å². The third-order valence-electron chi connectivity index (χ3n) is 3.29. The average molecular weight is 207 g/mol. The van der Waals surface area contributed by atoms with Gasteiger partial charge < -0.3 is 15.9 Å². The first-order chi connectivity index (χ1) is 7.10. The maximum Gasteiger partial charge on any atom is 0.115 e. The van der Waals surface area contributed by atoms with E-state index in [1.807, 2.05) is 12.1 Å². The lowest BCUT2D eigenvalue weighted by molar-refractivity contribution is 0.0969. The predicted molar refractivity (Wildman–Crippen MR) is 58.4 cm³/mol. The molecule has 1 aliphatic rings. The molecule has 1 aromatic rings. The normalized spacial score (nSPS) is 31.5. The van der Waals surface area contributed by atoms with Crippen molar-refractivity contribution in [2.45, 2.75) is 37.3 Å². The van der Waals surface area contributed by atoms with Gasteiger partial charge >= 0.3 is 0 Å². The molecule has 82 valence electrons. The molecule has 15 heavy (non-hydrogen) atoms. The highest BCUT2D eigenvalue weighted by Gasteiger charge is 2.32. The highest BCUT2D eigenvalue weighted by atomic mass is 16.3. The van der Waals surface area contributed by atoms with Crippen molar-refractivity contribution >= 4 is 0 Å². The van der Waals surface area contributed by atoms with E-state index in [0.29, 0.717) is 0 Å². The van der Waals surface area contributed by atoms with Crippen molar-refractivity contribution in [2.24, 2.45) is 5.73 Å². The van der Waals surface area contributed by atoms with Crippen molar-refractivity contribution in [1.82, 2.24) is 0 Å². The maximum absolute atomic E-state index is 9.44. The van der Waals surface area contributed by atoms with Gasteiger partial charge in [0, 0.05) is 5.54 Å². The van der Waals surface area contributed by atoms with Crippen LogP contribution >= 0.6 is 0 Å². The Morgan fingerprint density at radius 3 is 2.20 bits per heavy atom. The Balaban J connectivity index is 2.18. The number of aliphatic hydroxyl groups is 1. The number of aliphatic hydroxyl groups excluding tert-OH is 1. The average Bonchev–Trinajstić information content (AvgIpc) is 2.24. The van der Waals surface area contributed by atoms with Crippen molar-refractivity contribution in [3.05, 3.63) is 29.8 Å². The molecule has 0 saturated heterocycles. The predicted octanol–water partition coefficient (Wildman–Crippen LogP) is 1.48. The Kier molecular flexibility index (Phi) is 2.67. The smallest absolute Gasteiger partial charge is 0.115 e. The fourth-order valence-corrected chi connectivity index (χ4v) is 2.20. The van der Waals surface area contributed by atoms with E-state index in [4.69, 9.17) is 5.73 Å². The lowest BCUT2D eigenvalue weighted by atomic mass is 9.76. The number of aromatic hydroxyl groups is 1. The third-order valence-corrected chi connectivity index (χ3v) is 3.29. The fraction of sp³-hybridized carbons (Fsp3) is 0.500. The Hall–Kier alpha value is -1.06. The van der Waals surface area contributed by atoms with Gasteiger partial charge in [0.1, 0.15) is 5.75 Å². The summed E-state index contributed by atoms with van der Waals surface area (Å²) < 4.78 is 0. The zero-order valence-electron chi connectivity index (χ0n) is 8.69. The molecule has 1 aliphatic carbocycles. The van der Waals surface area contributed by atoms with E-state index in [9.17, 15) is 10.2 Å². The Morgan fingerprint density at radius 2 is 1.67 bits per heavy atom. The van der Waals surface area contributed by atoms with Gasteiger partial charge in [-0.1, -0.05) is 12.1 Å². The molecule has 0 aliphatic heterocycles. The highest BCUT2D eigenvalue weighted by Crippen LogP contribution is 2.35. The second kappa shape index (κ2) is 3.83. The van der Waals surface area contributed by atoms with E-state index in [-0.39, 0.29) is 17.4 Å². The number of phenolic OH excluding ortho intramolecular Hbond substituents is 1. The second-order valence-electron chi connectivity index (χ2n) is 4.43. The molecule has 1 saturated carbocycles. The van der Waals surface area contributed by atoms with Gasteiger partial charge in [-0.25, -0.2) is 0 Å². The molecule has 0 unspecified atom stereocenters. The molecule has 2 rings (SSSR count). The summed E-state index contributed by atoms with van der Waals surface area (Å²) in [5.74, 6) is 0.262. The van der Waals surface area contributed by atoms with Crippen LogP contribution in [0.15, 0.2) is 24.3 Å². The first-order valence-corrected chi connectivity index (χ1v) is 5.37. The molecule has 1 fully saturated rings. The van der Waals surface area contributed by atoms with E-state index in [1.165, 1.54) is 0 Å². The molecule has 3 nitrogen and oxygen atoms in total. The molecule has 4 N–H and O–H groups in total. The summed E-state index contributed by atoms with van der Waals surface area (Å²) in [6.45, 7) is 0. The molecule has 0 atom stereocenters. The van der Waals surface area contributed by atoms with Gasteiger partial charge in [0.2, 0.25) is 0 Å². The van der Waals surface area contributed by atoms with Crippen LogP contribution in [-0.4, -0.2) is 16.3 Å². The number of rotatable bonds is 1. The Labute approximate surface area is 89.5 Å². The fourth-order valence-electron chi connectivity index (χ4n) is 2.20. The van der Waals surface area contributed by atoms with Crippen LogP contribution in [0.2, 0.25) is 0 Å². The largest absolute Gasteiger partial charge is 0.508 e. The lowest BCUT2D eigenvalue weighted by Gasteiger charge is -2.36. The number of benzene rings is 1. The van der Waals surface area contributed by atoms with Gasteiger partial charge in [-0.2, -0.15) is 0 Å². The molecule has 1 aromatic carbocycles. The quantitative estimate of drug-likeness (QED) is 0.653. The molecule has 0 spiro atoms. The summed E-state index contributed by atoms with van der Waals surface area (Å²) in [6.07, 6.45) is 2.94. The van der Waals surface area contributed by atoms with Gasteiger partial charge in [0.05, 0.1) is 6.10 Å². The highest BCUT2D eigenvalue weighted by molar-refractivity contribution is 5.31. The zero-order valence-corrected chi connectivity index (χ0v) is 8.69. The van der Waals surface area contributed by atoms with Crippen LogP contribution < -0.4 is 5.73 Å². The number of nitrogens with two attached hydrogens (primary N) is 1. The lowest BCUT2D eigenvalue weighted by Crippen LogP contribution is -2.41. The van der Waals surface area contributed by atoms with Gasteiger partial charge in [0.25, 0.3) is 0 Å². The van der Waals surface area contributed by atoms with E-state index < -0.39 is 0 Å². The monoisotopic (exact) mass is 207 g/mol. The molecule has 0 aromatic heterocycles. The third kappa shape index (κ3) is 2.13. The van der Waals surface area contributed by atoms with E-state index in [0.717, 1.165) is 31.2 Å². The van der Waals surface area contributed by atoms with E-state index >= 15 is 0 Å². The van der Waals surface area contributed by atoms with Crippen LogP contribution in [-0.2, 0) is 5.54 Å². The minimum atomic E-state index is -0.326. The molecule has 0 bridgehead atoms. The van der Waals surface area contributed by atoms with Crippen molar-refractivity contribution in [3.63, 3.8) is 0 Å². The van der Waals surface area contributed by atoms with Crippen LogP contribution in [0.4, 0.5) is 0 Å². The first kappa shape index (κ1) is 10.5. The van der Waals surface area contributed by atoms with Crippen molar-refractivity contribution < 1.29 is 10.2 Å². The summed E-state index contributed by atoms with van der Waals surface area (Å²) in [4.78, 5) is 0. The summed E-state index contributed by atoms with van der Waals surface area (Å²) >= 11 is 0. The van der Waals surface area contributed by atoms with Crippen LogP contribution in [0, 0.1) is 0 Å². The minimum Gasteiger partial charge on any atom is -0.508 e.